The highest BCUT2D eigenvalue weighted by Gasteiger charge is 2.27. The van der Waals surface area contributed by atoms with E-state index in [9.17, 15) is 14.7 Å². The van der Waals surface area contributed by atoms with Crippen LogP contribution < -0.4 is 5.32 Å². The number of hydrogen-bond acceptors (Lipinski definition) is 4. The van der Waals surface area contributed by atoms with Crippen LogP contribution in [0.2, 0.25) is 0 Å². The van der Waals surface area contributed by atoms with Crippen LogP contribution >= 0.6 is 0 Å². The highest BCUT2D eigenvalue weighted by Crippen LogP contribution is 2.19. The van der Waals surface area contributed by atoms with Gasteiger partial charge in [0.25, 0.3) is 5.91 Å². The first kappa shape index (κ1) is 12.4. The number of rotatable bonds is 4. The summed E-state index contributed by atoms with van der Waals surface area (Å²) in [5, 5.41) is 12.0. The summed E-state index contributed by atoms with van der Waals surface area (Å²) in [5.41, 5.74) is 0.223. The molecule has 5 heteroatoms. The Balaban J connectivity index is 1.91. The predicted molar refractivity (Wildman–Crippen MR) is 64.1 cm³/mol. The van der Waals surface area contributed by atoms with Crippen LogP contribution in [0.4, 0.5) is 0 Å². The molecular formula is C13H15NO4. The van der Waals surface area contributed by atoms with E-state index in [0.717, 1.165) is 12.8 Å². The van der Waals surface area contributed by atoms with Gasteiger partial charge in [-0.15, -0.1) is 0 Å². The Hall–Kier alpha value is -2.04. The number of esters is 1. The zero-order valence-corrected chi connectivity index (χ0v) is 10.1. The van der Waals surface area contributed by atoms with Crippen molar-refractivity contribution in [2.75, 3.05) is 0 Å². The third-order valence-electron chi connectivity index (χ3n) is 2.66. The van der Waals surface area contributed by atoms with E-state index >= 15 is 0 Å². The van der Waals surface area contributed by atoms with Crippen molar-refractivity contribution in [2.24, 2.45) is 0 Å². The highest BCUT2D eigenvalue weighted by atomic mass is 16.5. The van der Waals surface area contributed by atoms with Crippen molar-refractivity contribution in [3.05, 3.63) is 29.8 Å². The number of hydrogen-bond donors (Lipinski definition) is 2. The number of benzene rings is 1. The molecule has 1 aromatic carbocycles. The SMILES string of the molecule is C[C@H](OC(=O)c1cccc(O)c1)C(=O)NC1CC1. The van der Waals surface area contributed by atoms with E-state index in [1.165, 1.54) is 25.1 Å². The van der Waals surface area contributed by atoms with E-state index in [1.54, 1.807) is 6.07 Å². The van der Waals surface area contributed by atoms with Gasteiger partial charge in [0.1, 0.15) is 5.75 Å². The quantitative estimate of drug-likeness (QED) is 0.787. The molecule has 0 aliphatic heterocycles. The molecule has 1 atom stereocenters. The normalized spacial score (nSPS) is 15.8. The fourth-order valence-corrected chi connectivity index (χ4v) is 1.46. The van der Waals surface area contributed by atoms with Crippen molar-refractivity contribution in [3.8, 4) is 5.75 Å². The van der Waals surface area contributed by atoms with E-state index in [0.29, 0.717) is 0 Å². The van der Waals surface area contributed by atoms with E-state index < -0.39 is 12.1 Å². The van der Waals surface area contributed by atoms with Crippen LogP contribution in [0.25, 0.3) is 0 Å². The molecule has 1 aliphatic carbocycles. The van der Waals surface area contributed by atoms with Crippen molar-refractivity contribution in [3.63, 3.8) is 0 Å². The van der Waals surface area contributed by atoms with Crippen LogP contribution in [0, 0.1) is 0 Å². The van der Waals surface area contributed by atoms with Crippen LogP contribution in [0.5, 0.6) is 5.75 Å². The lowest BCUT2D eigenvalue weighted by atomic mass is 10.2. The summed E-state index contributed by atoms with van der Waals surface area (Å²) < 4.78 is 5.02. The molecule has 2 rings (SSSR count). The van der Waals surface area contributed by atoms with Crippen LogP contribution in [-0.4, -0.2) is 29.1 Å². The van der Waals surface area contributed by atoms with Crippen LogP contribution in [-0.2, 0) is 9.53 Å². The van der Waals surface area contributed by atoms with Gasteiger partial charge in [-0.1, -0.05) is 6.07 Å². The molecule has 1 saturated carbocycles. The second kappa shape index (κ2) is 5.08. The van der Waals surface area contributed by atoms with Crippen molar-refractivity contribution in [2.45, 2.75) is 31.9 Å². The van der Waals surface area contributed by atoms with Gasteiger partial charge < -0.3 is 15.2 Å². The summed E-state index contributed by atoms with van der Waals surface area (Å²) in [7, 11) is 0. The highest BCUT2D eigenvalue weighted by molar-refractivity contribution is 5.92. The molecule has 1 fully saturated rings. The Morgan fingerprint density at radius 3 is 2.78 bits per heavy atom. The third-order valence-corrected chi connectivity index (χ3v) is 2.66. The fraction of sp³-hybridized carbons (Fsp3) is 0.385. The number of phenols is 1. The summed E-state index contributed by atoms with van der Waals surface area (Å²) in [6.07, 6.45) is 1.14. The van der Waals surface area contributed by atoms with Crippen LogP contribution in [0.15, 0.2) is 24.3 Å². The Kier molecular flexibility index (Phi) is 3.50. The zero-order chi connectivity index (χ0) is 13.1. The molecule has 0 radical (unpaired) electrons. The average Bonchev–Trinajstić information content (AvgIpc) is 3.12. The number of phenolic OH excluding ortho intramolecular Hbond substituents is 1. The summed E-state index contributed by atoms with van der Waals surface area (Å²) in [6.45, 7) is 1.53. The molecule has 1 amide bonds. The predicted octanol–water partition coefficient (Wildman–Crippen LogP) is 1.22. The Labute approximate surface area is 105 Å². The van der Waals surface area contributed by atoms with Gasteiger partial charge in [0, 0.05) is 6.04 Å². The van der Waals surface area contributed by atoms with Gasteiger partial charge in [0.15, 0.2) is 6.10 Å². The molecule has 0 bridgehead atoms. The first-order valence-corrected chi connectivity index (χ1v) is 5.86. The van der Waals surface area contributed by atoms with Gasteiger partial charge in [0.2, 0.25) is 0 Å². The number of aromatic hydroxyl groups is 1. The number of carbonyl (C=O) groups excluding carboxylic acids is 2. The van der Waals surface area contributed by atoms with Gasteiger partial charge in [-0.3, -0.25) is 4.79 Å². The first-order valence-electron chi connectivity index (χ1n) is 5.86. The van der Waals surface area contributed by atoms with Crippen molar-refractivity contribution in [1.29, 1.82) is 0 Å². The summed E-state index contributed by atoms with van der Waals surface area (Å²) in [4.78, 5) is 23.3. The molecule has 1 aliphatic rings. The molecule has 1 aromatic rings. The van der Waals surface area contributed by atoms with Gasteiger partial charge in [-0.05, 0) is 38.0 Å². The number of ether oxygens (including phenoxy) is 1. The molecule has 96 valence electrons. The topological polar surface area (TPSA) is 75.6 Å². The standard InChI is InChI=1S/C13H15NO4/c1-8(12(16)14-10-5-6-10)18-13(17)9-3-2-4-11(15)7-9/h2-4,7-8,10,15H,5-6H2,1H3,(H,14,16)/t8-/m0/s1. The minimum absolute atomic E-state index is 0.0143. The largest absolute Gasteiger partial charge is 0.508 e. The molecule has 18 heavy (non-hydrogen) atoms. The maximum absolute atomic E-state index is 11.7. The summed E-state index contributed by atoms with van der Waals surface area (Å²) >= 11 is 0. The van der Waals surface area contributed by atoms with Crippen molar-refractivity contribution < 1.29 is 19.4 Å². The molecule has 0 unspecified atom stereocenters. The van der Waals surface area contributed by atoms with Gasteiger partial charge >= 0.3 is 5.97 Å². The van der Waals surface area contributed by atoms with Crippen molar-refractivity contribution >= 4 is 11.9 Å². The number of nitrogens with one attached hydrogen (secondary N) is 1. The van der Waals surface area contributed by atoms with E-state index in [-0.39, 0.29) is 23.3 Å². The maximum atomic E-state index is 11.7. The summed E-state index contributed by atoms with van der Waals surface area (Å²) in [5.74, 6) is -0.921. The maximum Gasteiger partial charge on any atom is 0.339 e. The monoisotopic (exact) mass is 249 g/mol. The first-order chi connectivity index (χ1) is 8.56. The third kappa shape index (κ3) is 3.23. The lowest BCUT2D eigenvalue weighted by molar-refractivity contribution is -0.129. The molecule has 0 heterocycles. The van der Waals surface area contributed by atoms with E-state index in [4.69, 9.17) is 4.74 Å². The molecule has 0 aromatic heterocycles. The molecule has 0 spiro atoms. The molecule has 5 nitrogen and oxygen atoms in total. The van der Waals surface area contributed by atoms with Gasteiger partial charge in [0.05, 0.1) is 5.56 Å². The van der Waals surface area contributed by atoms with Crippen molar-refractivity contribution in [1.82, 2.24) is 5.32 Å². The molecule has 0 saturated heterocycles. The Morgan fingerprint density at radius 1 is 1.44 bits per heavy atom. The minimum Gasteiger partial charge on any atom is -0.508 e. The van der Waals surface area contributed by atoms with E-state index in [2.05, 4.69) is 5.32 Å². The lowest BCUT2D eigenvalue weighted by Crippen LogP contribution is -2.37. The fourth-order valence-electron chi connectivity index (χ4n) is 1.46. The van der Waals surface area contributed by atoms with Crippen LogP contribution in [0.1, 0.15) is 30.1 Å². The second-order valence-electron chi connectivity index (χ2n) is 4.38. The Morgan fingerprint density at radius 2 is 2.17 bits per heavy atom. The molecule has 2 N–H and O–H groups in total. The average molecular weight is 249 g/mol. The second-order valence-corrected chi connectivity index (χ2v) is 4.38. The number of carbonyl (C=O) groups is 2. The minimum atomic E-state index is -0.833. The van der Waals surface area contributed by atoms with Gasteiger partial charge in [-0.2, -0.15) is 0 Å². The van der Waals surface area contributed by atoms with E-state index in [1.807, 2.05) is 0 Å². The zero-order valence-electron chi connectivity index (χ0n) is 10.1. The molecular weight excluding hydrogens is 234 g/mol. The Bertz CT molecular complexity index is 468. The van der Waals surface area contributed by atoms with Gasteiger partial charge in [-0.25, -0.2) is 4.79 Å². The summed E-state index contributed by atoms with van der Waals surface area (Å²) in [6, 6.07) is 6.06. The lowest BCUT2D eigenvalue weighted by Gasteiger charge is -2.13. The number of amides is 1. The van der Waals surface area contributed by atoms with Crippen LogP contribution in [0.3, 0.4) is 0 Å². The smallest absolute Gasteiger partial charge is 0.339 e.